The van der Waals surface area contributed by atoms with Crippen molar-refractivity contribution in [3.63, 3.8) is 0 Å². The predicted octanol–water partition coefficient (Wildman–Crippen LogP) is 1.50. The highest BCUT2D eigenvalue weighted by atomic mass is 32.1. The molecule has 0 aliphatic carbocycles. The van der Waals surface area contributed by atoms with Gasteiger partial charge in [0.2, 0.25) is 5.78 Å². The van der Waals surface area contributed by atoms with Crippen LogP contribution in [0.2, 0.25) is 0 Å². The van der Waals surface area contributed by atoms with E-state index < -0.39 is 29.6 Å². The summed E-state index contributed by atoms with van der Waals surface area (Å²) in [4.78, 5) is 54.6. The van der Waals surface area contributed by atoms with Crippen molar-refractivity contribution < 1.29 is 14.3 Å². The molecule has 3 aromatic rings. The first-order valence-electron chi connectivity index (χ1n) is 9.06. The minimum absolute atomic E-state index is 0.0499. The molecule has 0 spiro atoms. The molecule has 2 aromatic heterocycles. The topological polar surface area (TPSA) is 137 Å². The van der Waals surface area contributed by atoms with Crippen molar-refractivity contribution in [3.8, 4) is 0 Å². The zero-order valence-electron chi connectivity index (χ0n) is 15.8. The smallest absolute Gasteiger partial charge is 0.329 e. The Balaban J connectivity index is 1.61. The standard InChI is InChI=1S/C19H20N4O5S/c1-2-9-23-17(20)16(18(26)22-19(23)27)12(24)10-28-15(25)8-7-14-21-11-5-3-4-6-13(11)29-14/h3-6H,2,7-10,20H2,1H3,(H,22,26,27). The fourth-order valence-electron chi connectivity index (χ4n) is 2.83. The van der Waals surface area contributed by atoms with Crippen molar-refractivity contribution in [2.24, 2.45) is 0 Å². The van der Waals surface area contributed by atoms with Gasteiger partial charge < -0.3 is 10.5 Å². The molecule has 3 rings (SSSR count). The van der Waals surface area contributed by atoms with Gasteiger partial charge in [-0.2, -0.15) is 0 Å². The third-order valence-electron chi connectivity index (χ3n) is 4.21. The Bertz CT molecular complexity index is 1140. The van der Waals surface area contributed by atoms with Crippen LogP contribution in [0.25, 0.3) is 10.2 Å². The van der Waals surface area contributed by atoms with Gasteiger partial charge in [-0.15, -0.1) is 11.3 Å². The molecular formula is C19H20N4O5S. The molecule has 0 atom stereocenters. The van der Waals surface area contributed by atoms with E-state index in [1.807, 2.05) is 31.2 Å². The highest BCUT2D eigenvalue weighted by Gasteiger charge is 2.20. The molecule has 9 nitrogen and oxygen atoms in total. The van der Waals surface area contributed by atoms with Crippen LogP contribution in [0.3, 0.4) is 0 Å². The monoisotopic (exact) mass is 416 g/mol. The number of aromatic nitrogens is 3. The van der Waals surface area contributed by atoms with E-state index in [0.717, 1.165) is 19.8 Å². The molecule has 2 heterocycles. The fourth-order valence-corrected chi connectivity index (χ4v) is 3.80. The molecule has 0 amide bonds. The maximum atomic E-state index is 12.3. The van der Waals surface area contributed by atoms with Crippen LogP contribution in [-0.4, -0.2) is 32.9 Å². The third-order valence-corrected chi connectivity index (χ3v) is 5.31. The molecule has 1 aromatic carbocycles. The number of nitrogens with one attached hydrogen (secondary N) is 1. The number of aryl methyl sites for hydroxylation is 1. The molecule has 0 aliphatic heterocycles. The van der Waals surface area contributed by atoms with Gasteiger partial charge in [-0.05, 0) is 18.6 Å². The fraction of sp³-hybridized carbons (Fsp3) is 0.316. The molecule has 0 bridgehead atoms. The van der Waals surface area contributed by atoms with Gasteiger partial charge >= 0.3 is 11.7 Å². The normalized spacial score (nSPS) is 10.9. The molecule has 0 saturated carbocycles. The molecule has 10 heteroatoms. The zero-order chi connectivity index (χ0) is 21.0. The lowest BCUT2D eigenvalue weighted by molar-refractivity contribution is -0.142. The first-order chi connectivity index (χ1) is 13.9. The number of carbonyl (C=O) groups excluding carboxylic acids is 2. The van der Waals surface area contributed by atoms with E-state index in [9.17, 15) is 19.2 Å². The number of thiazole rings is 1. The number of carbonyl (C=O) groups is 2. The SMILES string of the molecule is CCCn1c(N)c(C(=O)COC(=O)CCc2nc3ccccc3s2)c(=O)[nH]c1=O. The number of nitrogens with two attached hydrogens (primary N) is 1. The van der Waals surface area contributed by atoms with E-state index in [1.54, 1.807) is 0 Å². The number of nitrogens with zero attached hydrogens (tertiary/aromatic N) is 2. The molecule has 29 heavy (non-hydrogen) atoms. The van der Waals surface area contributed by atoms with Crippen LogP contribution in [0.5, 0.6) is 0 Å². The Morgan fingerprint density at radius 3 is 2.76 bits per heavy atom. The number of benzene rings is 1. The number of ether oxygens (including phenoxy) is 1. The highest BCUT2D eigenvalue weighted by molar-refractivity contribution is 7.18. The molecule has 0 saturated heterocycles. The van der Waals surface area contributed by atoms with Gasteiger partial charge in [0.25, 0.3) is 5.56 Å². The number of hydrogen-bond acceptors (Lipinski definition) is 8. The number of aromatic amines is 1. The summed E-state index contributed by atoms with van der Waals surface area (Å²) in [6.45, 7) is 1.45. The van der Waals surface area contributed by atoms with E-state index in [0.29, 0.717) is 12.8 Å². The molecule has 152 valence electrons. The number of rotatable bonds is 8. The Morgan fingerprint density at radius 1 is 1.28 bits per heavy atom. The lowest BCUT2D eigenvalue weighted by Crippen LogP contribution is -2.37. The summed E-state index contributed by atoms with van der Waals surface area (Å²) in [6.07, 6.45) is 1.02. The summed E-state index contributed by atoms with van der Waals surface area (Å²) in [7, 11) is 0. The van der Waals surface area contributed by atoms with E-state index in [4.69, 9.17) is 10.5 Å². The quantitative estimate of drug-likeness (QED) is 0.419. The van der Waals surface area contributed by atoms with Gasteiger partial charge in [-0.3, -0.25) is 23.9 Å². The Kier molecular flexibility index (Phi) is 6.23. The van der Waals surface area contributed by atoms with E-state index in [-0.39, 0.29) is 24.3 Å². The molecular weight excluding hydrogens is 396 g/mol. The Labute approximate surface area is 169 Å². The number of nitrogen functional groups attached to an aromatic ring is 1. The maximum absolute atomic E-state index is 12.3. The number of H-pyrrole nitrogens is 1. The second-order valence-electron chi connectivity index (χ2n) is 6.33. The van der Waals surface area contributed by atoms with Crippen molar-refractivity contribution in [1.29, 1.82) is 0 Å². The van der Waals surface area contributed by atoms with Gasteiger partial charge in [0.15, 0.2) is 6.61 Å². The molecule has 0 fully saturated rings. The number of anilines is 1. The first-order valence-corrected chi connectivity index (χ1v) is 9.88. The van der Waals surface area contributed by atoms with Crippen LogP contribution >= 0.6 is 11.3 Å². The van der Waals surface area contributed by atoms with Crippen LogP contribution < -0.4 is 17.0 Å². The van der Waals surface area contributed by atoms with Crippen LogP contribution in [0, 0.1) is 0 Å². The lowest BCUT2D eigenvalue weighted by Gasteiger charge is -2.11. The largest absolute Gasteiger partial charge is 0.457 e. The number of hydrogen-bond donors (Lipinski definition) is 2. The summed E-state index contributed by atoms with van der Waals surface area (Å²) < 4.78 is 7.13. The van der Waals surface area contributed by atoms with Crippen molar-refractivity contribution in [1.82, 2.24) is 14.5 Å². The summed E-state index contributed by atoms with van der Waals surface area (Å²) in [6, 6.07) is 7.66. The maximum Gasteiger partial charge on any atom is 0.329 e. The second-order valence-corrected chi connectivity index (χ2v) is 7.45. The van der Waals surface area contributed by atoms with Crippen molar-refractivity contribution in [2.45, 2.75) is 32.7 Å². The van der Waals surface area contributed by atoms with Crippen LogP contribution in [0.15, 0.2) is 33.9 Å². The average molecular weight is 416 g/mol. The highest BCUT2D eigenvalue weighted by Crippen LogP contribution is 2.22. The van der Waals surface area contributed by atoms with Crippen molar-refractivity contribution in [3.05, 3.63) is 55.7 Å². The summed E-state index contributed by atoms with van der Waals surface area (Å²) in [5.41, 5.74) is 4.74. The van der Waals surface area contributed by atoms with E-state index >= 15 is 0 Å². The van der Waals surface area contributed by atoms with Crippen LogP contribution in [0.1, 0.15) is 35.1 Å². The molecule has 0 aliphatic rings. The van der Waals surface area contributed by atoms with E-state index in [1.165, 1.54) is 11.3 Å². The van der Waals surface area contributed by atoms with Gasteiger partial charge in [0, 0.05) is 13.0 Å². The lowest BCUT2D eigenvalue weighted by atomic mass is 10.2. The number of ketones is 1. The summed E-state index contributed by atoms with van der Waals surface area (Å²) >= 11 is 1.49. The number of Topliss-reactive ketones (excluding diaryl/α,β-unsaturated/α-hetero) is 1. The summed E-state index contributed by atoms with van der Waals surface area (Å²) in [5.74, 6) is -1.58. The second kappa shape index (κ2) is 8.82. The zero-order valence-corrected chi connectivity index (χ0v) is 16.6. The molecule has 0 unspecified atom stereocenters. The van der Waals surface area contributed by atoms with Crippen molar-refractivity contribution >= 4 is 39.1 Å². The summed E-state index contributed by atoms with van der Waals surface area (Å²) in [5, 5.41) is 0.793. The molecule has 3 N–H and O–H groups in total. The molecule has 0 radical (unpaired) electrons. The average Bonchev–Trinajstić information content (AvgIpc) is 3.11. The van der Waals surface area contributed by atoms with Gasteiger partial charge in [0.1, 0.15) is 11.4 Å². The Morgan fingerprint density at radius 2 is 2.03 bits per heavy atom. The van der Waals surface area contributed by atoms with Gasteiger partial charge in [-0.25, -0.2) is 9.78 Å². The van der Waals surface area contributed by atoms with E-state index in [2.05, 4.69) is 9.97 Å². The first kappa shape index (κ1) is 20.5. The Hall–Kier alpha value is -3.27. The van der Waals surface area contributed by atoms with Gasteiger partial charge in [-0.1, -0.05) is 19.1 Å². The number of esters is 1. The predicted molar refractivity (Wildman–Crippen MR) is 109 cm³/mol. The third kappa shape index (κ3) is 4.60. The number of para-hydroxylation sites is 1. The number of fused-ring (bicyclic) bond motifs is 1. The van der Waals surface area contributed by atoms with Crippen molar-refractivity contribution in [2.75, 3.05) is 12.3 Å². The minimum Gasteiger partial charge on any atom is -0.457 e. The van der Waals surface area contributed by atoms with Gasteiger partial charge in [0.05, 0.1) is 21.6 Å². The van der Waals surface area contributed by atoms with Crippen LogP contribution in [0.4, 0.5) is 5.82 Å². The minimum atomic E-state index is -0.893. The van der Waals surface area contributed by atoms with Crippen LogP contribution in [-0.2, 0) is 22.5 Å².